The van der Waals surface area contributed by atoms with Crippen molar-refractivity contribution >= 4 is 23.6 Å². The monoisotopic (exact) mass is 317 g/mol. The van der Waals surface area contributed by atoms with E-state index in [1.54, 1.807) is 36.3 Å². The molecule has 3 rings (SSSR count). The zero-order valence-corrected chi connectivity index (χ0v) is 13.2. The Labute approximate surface area is 133 Å². The number of nitrogens with two attached hydrogens (primary N) is 1. The molecule has 6 heteroatoms. The number of nitrogens with zero attached hydrogens (tertiary/aromatic N) is 1. The van der Waals surface area contributed by atoms with Crippen LogP contribution in [0.25, 0.3) is 0 Å². The summed E-state index contributed by atoms with van der Waals surface area (Å²) in [6.45, 7) is 2.23. The first-order valence-electron chi connectivity index (χ1n) is 7.48. The van der Waals surface area contributed by atoms with Crippen LogP contribution in [0.1, 0.15) is 36.5 Å². The molecule has 1 fully saturated rings. The van der Waals surface area contributed by atoms with Crippen molar-refractivity contribution in [3.63, 3.8) is 0 Å². The van der Waals surface area contributed by atoms with Crippen LogP contribution in [0.5, 0.6) is 0 Å². The summed E-state index contributed by atoms with van der Waals surface area (Å²) in [6, 6.07) is 3.29. The molecule has 0 bridgehead atoms. The van der Waals surface area contributed by atoms with Crippen LogP contribution in [0.2, 0.25) is 0 Å². The standard InChI is InChI=1S/C16H19N3O2S/c1-9-2-3-11-12(8-9)22-16(13(11)14(17)20)19-15(21)10-4-6-18-7-5-10/h4-7,9,11-12H,2-3,8H2,1H3,(H2,17,20)(H,19,21). The summed E-state index contributed by atoms with van der Waals surface area (Å²) in [5.41, 5.74) is 6.70. The molecule has 2 amide bonds. The molecule has 116 valence electrons. The van der Waals surface area contributed by atoms with E-state index in [0.29, 0.717) is 27.3 Å². The molecular weight excluding hydrogens is 298 g/mol. The van der Waals surface area contributed by atoms with E-state index < -0.39 is 5.91 Å². The van der Waals surface area contributed by atoms with Crippen molar-refractivity contribution in [2.75, 3.05) is 0 Å². The van der Waals surface area contributed by atoms with Crippen molar-refractivity contribution in [3.8, 4) is 0 Å². The maximum absolute atomic E-state index is 12.3. The predicted octanol–water partition coefficient (Wildman–Crippen LogP) is 2.06. The molecule has 0 saturated heterocycles. The van der Waals surface area contributed by atoms with E-state index >= 15 is 0 Å². The molecular formula is C16H19N3O2S. The third kappa shape index (κ3) is 2.88. The lowest BCUT2D eigenvalue weighted by Gasteiger charge is -2.29. The number of aromatic nitrogens is 1. The van der Waals surface area contributed by atoms with Crippen LogP contribution < -0.4 is 11.1 Å². The van der Waals surface area contributed by atoms with Crippen LogP contribution in [0, 0.1) is 11.8 Å². The summed E-state index contributed by atoms with van der Waals surface area (Å²) >= 11 is 1.59. The number of amides is 2. The van der Waals surface area contributed by atoms with Gasteiger partial charge < -0.3 is 11.1 Å². The summed E-state index contributed by atoms with van der Waals surface area (Å²) in [5, 5.41) is 3.86. The number of carbonyl (C=O) groups excluding carboxylic acids is 2. The van der Waals surface area contributed by atoms with Gasteiger partial charge in [0.2, 0.25) is 5.91 Å². The van der Waals surface area contributed by atoms with Gasteiger partial charge in [0.05, 0.1) is 10.6 Å². The molecule has 0 spiro atoms. The third-order valence-electron chi connectivity index (χ3n) is 4.37. The van der Waals surface area contributed by atoms with Crippen molar-refractivity contribution in [1.29, 1.82) is 0 Å². The number of primary amides is 1. The zero-order chi connectivity index (χ0) is 15.7. The van der Waals surface area contributed by atoms with Crippen molar-refractivity contribution in [2.45, 2.75) is 31.4 Å². The molecule has 2 heterocycles. The maximum atomic E-state index is 12.3. The summed E-state index contributed by atoms with van der Waals surface area (Å²) in [7, 11) is 0. The molecule has 1 aliphatic carbocycles. The normalized spacial score (nSPS) is 27.4. The smallest absolute Gasteiger partial charge is 0.256 e. The Hall–Kier alpha value is -1.82. The average molecular weight is 317 g/mol. The SMILES string of the molecule is CC1CCC2C(C(N)=O)=C(NC(=O)c3ccncc3)SC2C1. The minimum Gasteiger partial charge on any atom is -0.366 e. The molecule has 1 aromatic rings. The molecule has 3 N–H and O–H groups in total. The van der Waals surface area contributed by atoms with E-state index in [0.717, 1.165) is 19.3 Å². The molecule has 3 unspecified atom stereocenters. The van der Waals surface area contributed by atoms with Crippen molar-refractivity contribution < 1.29 is 9.59 Å². The second-order valence-corrected chi connectivity index (χ2v) is 7.23. The van der Waals surface area contributed by atoms with Gasteiger partial charge in [0.15, 0.2) is 0 Å². The largest absolute Gasteiger partial charge is 0.366 e. The number of thioether (sulfide) groups is 1. The van der Waals surface area contributed by atoms with Crippen LogP contribution in [0.15, 0.2) is 35.1 Å². The predicted molar refractivity (Wildman–Crippen MR) is 85.8 cm³/mol. The van der Waals surface area contributed by atoms with Crippen LogP contribution in [0.4, 0.5) is 0 Å². The molecule has 5 nitrogen and oxygen atoms in total. The lowest BCUT2D eigenvalue weighted by Crippen LogP contribution is -2.30. The number of hydrogen-bond acceptors (Lipinski definition) is 4. The number of fused-ring (bicyclic) bond motifs is 1. The fourth-order valence-corrected chi connectivity index (χ4v) is 4.94. The van der Waals surface area contributed by atoms with E-state index in [9.17, 15) is 9.59 Å². The number of hydrogen-bond donors (Lipinski definition) is 2. The first-order valence-corrected chi connectivity index (χ1v) is 8.36. The minimum absolute atomic E-state index is 0.173. The Morgan fingerprint density at radius 2 is 2.05 bits per heavy atom. The van der Waals surface area contributed by atoms with Crippen molar-refractivity contribution in [3.05, 3.63) is 40.7 Å². The fourth-order valence-electron chi connectivity index (χ4n) is 3.24. The highest BCUT2D eigenvalue weighted by Crippen LogP contribution is 2.49. The number of pyridine rings is 1. The van der Waals surface area contributed by atoms with E-state index in [1.165, 1.54) is 0 Å². The molecule has 3 atom stereocenters. The molecule has 2 aliphatic rings. The van der Waals surface area contributed by atoms with Gasteiger partial charge in [-0.3, -0.25) is 14.6 Å². The second-order valence-electron chi connectivity index (χ2n) is 5.98. The van der Waals surface area contributed by atoms with Gasteiger partial charge in [-0.1, -0.05) is 13.3 Å². The van der Waals surface area contributed by atoms with Gasteiger partial charge in [0, 0.05) is 29.1 Å². The van der Waals surface area contributed by atoms with Crippen LogP contribution in [-0.4, -0.2) is 22.0 Å². The summed E-state index contributed by atoms with van der Waals surface area (Å²) < 4.78 is 0. The minimum atomic E-state index is -0.417. The maximum Gasteiger partial charge on any atom is 0.256 e. The van der Waals surface area contributed by atoms with Crippen LogP contribution in [0.3, 0.4) is 0 Å². The highest BCUT2D eigenvalue weighted by Gasteiger charge is 2.41. The lowest BCUT2D eigenvalue weighted by molar-refractivity contribution is -0.115. The molecule has 1 saturated carbocycles. The summed E-state index contributed by atoms with van der Waals surface area (Å²) in [6.07, 6.45) is 6.26. The fraction of sp³-hybridized carbons (Fsp3) is 0.438. The Bertz CT molecular complexity index is 630. The quantitative estimate of drug-likeness (QED) is 0.893. The number of rotatable bonds is 3. The average Bonchev–Trinajstić information content (AvgIpc) is 2.85. The summed E-state index contributed by atoms with van der Waals surface area (Å²) in [4.78, 5) is 28.1. The highest BCUT2D eigenvalue weighted by molar-refractivity contribution is 8.04. The molecule has 1 aliphatic heterocycles. The number of carbonyl (C=O) groups is 2. The zero-order valence-electron chi connectivity index (χ0n) is 12.4. The van der Waals surface area contributed by atoms with Crippen LogP contribution in [-0.2, 0) is 4.79 Å². The highest BCUT2D eigenvalue weighted by atomic mass is 32.2. The summed E-state index contributed by atoms with van der Waals surface area (Å²) in [5.74, 6) is 0.180. The van der Waals surface area contributed by atoms with Gasteiger partial charge in [-0.15, -0.1) is 11.8 Å². The first-order chi connectivity index (χ1) is 10.6. The Morgan fingerprint density at radius 3 is 2.73 bits per heavy atom. The van der Waals surface area contributed by atoms with Gasteiger partial charge in [-0.25, -0.2) is 0 Å². The first kappa shape index (κ1) is 15.1. The third-order valence-corrected chi connectivity index (χ3v) is 5.76. The lowest BCUT2D eigenvalue weighted by atomic mass is 9.79. The molecule has 0 radical (unpaired) electrons. The van der Waals surface area contributed by atoms with Crippen molar-refractivity contribution in [1.82, 2.24) is 10.3 Å². The van der Waals surface area contributed by atoms with E-state index in [-0.39, 0.29) is 11.8 Å². The van der Waals surface area contributed by atoms with Gasteiger partial charge in [0.1, 0.15) is 0 Å². The van der Waals surface area contributed by atoms with Gasteiger partial charge >= 0.3 is 0 Å². The Morgan fingerprint density at radius 1 is 1.32 bits per heavy atom. The Balaban J connectivity index is 1.83. The van der Waals surface area contributed by atoms with E-state index in [4.69, 9.17) is 5.73 Å². The number of nitrogens with one attached hydrogen (secondary N) is 1. The topological polar surface area (TPSA) is 85.1 Å². The second kappa shape index (κ2) is 6.12. The molecule has 0 aromatic carbocycles. The van der Waals surface area contributed by atoms with Gasteiger partial charge in [0.25, 0.3) is 5.91 Å². The molecule has 22 heavy (non-hydrogen) atoms. The van der Waals surface area contributed by atoms with Gasteiger partial charge in [-0.05, 0) is 30.9 Å². The van der Waals surface area contributed by atoms with Crippen LogP contribution >= 0.6 is 11.8 Å². The van der Waals surface area contributed by atoms with E-state index in [2.05, 4.69) is 17.2 Å². The van der Waals surface area contributed by atoms with Gasteiger partial charge in [-0.2, -0.15) is 0 Å². The molecule has 1 aromatic heterocycles. The Kier molecular flexibility index (Phi) is 4.20. The van der Waals surface area contributed by atoms with E-state index in [1.807, 2.05) is 0 Å². The van der Waals surface area contributed by atoms with Crippen molar-refractivity contribution in [2.24, 2.45) is 17.6 Å².